The van der Waals surface area contributed by atoms with Crippen LogP contribution in [-0.4, -0.2) is 26.5 Å². The van der Waals surface area contributed by atoms with E-state index in [1.807, 2.05) is 14.1 Å². The van der Waals surface area contributed by atoms with Crippen molar-refractivity contribution < 1.29 is 9.53 Å². The summed E-state index contributed by atoms with van der Waals surface area (Å²) in [5.74, 6) is 3.69. The van der Waals surface area contributed by atoms with E-state index in [0.29, 0.717) is 12.4 Å². The Hall–Kier alpha value is -1.77. The lowest BCUT2D eigenvalue weighted by Crippen LogP contribution is -2.37. The Morgan fingerprint density at radius 2 is 2.00 bits per heavy atom. The molecule has 138 valence electrons. The van der Waals surface area contributed by atoms with Crippen LogP contribution in [0.4, 0.5) is 5.69 Å². The lowest BCUT2D eigenvalue weighted by atomic mass is 9.66. The number of hydrogen-bond donors (Lipinski definition) is 0. The normalized spacial score (nSPS) is 34.5. The van der Waals surface area contributed by atoms with Gasteiger partial charge < -0.3 is 9.64 Å². The Morgan fingerprint density at radius 1 is 1.15 bits per heavy atom. The first-order valence-corrected chi connectivity index (χ1v) is 10.2. The lowest BCUT2D eigenvalue weighted by molar-refractivity contribution is -0.127. The van der Waals surface area contributed by atoms with Gasteiger partial charge in [-0.2, -0.15) is 0 Å². The van der Waals surface area contributed by atoms with Crippen LogP contribution in [0.3, 0.4) is 0 Å². The van der Waals surface area contributed by atoms with Gasteiger partial charge in [0.2, 0.25) is 0 Å². The van der Waals surface area contributed by atoms with E-state index in [9.17, 15) is 4.79 Å². The van der Waals surface area contributed by atoms with Gasteiger partial charge in [-0.1, -0.05) is 19.3 Å². The van der Waals surface area contributed by atoms with Crippen molar-refractivity contribution in [2.75, 3.05) is 25.6 Å². The number of fused-ring (bicyclic) bond motifs is 3. The van der Waals surface area contributed by atoms with Crippen molar-refractivity contribution in [1.29, 1.82) is 0 Å². The second-order valence-corrected chi connectivity index (χ2v) is 9.35. The van der Waals surface area contributed by atoms with Gasteiger partial charge in [-0.25, -0.2) is 0 Å². The summed E-state index contributed by atoms with van der Waals surface area (Å²) in [6.45, 7) is 0.435. The van der Waals surface area contributed by atoms with Crippen molar-refractivity contribution >= 4 is 17.5 Å². The maximum Gasteiger partial charge on any atom is 0.168 e. The highest BCUT2D eigenvalue weighted by atomic mass is 16.5. The van der Waals surface area contributed by atoms with E-state index < -0.39 is 0 Å². The first kappa shape index (κ1) is 16.4. The number of carbonyl (C=O) groups excluding carboxylic acids is 1. The van der Waals surface area contributed by atoms with Crippen molar-refractivity contribution in [3.63, 3.8) is 0 Å². The van der Waals surface area contributed by atoms with Gasteiger partial charge in [-0.05, 0) is 61.6 Å². The molecule has 5 rings (SSSR count). The molecule has 1 aliphatic heterocycles. The number of ether oxygens (including phenoxy) is 1. The van der Waals surface area contributed by atoms with Crippen LogP contribution in [0.1, 0.15) is 50.5 Å². The second kappa shape index (κ2) is 5.87. The van der Waals surface area contributed by atoms with Gasteiger partial charge in [0.15, 0.2) is 5.78 Å². The monoisotopic (exact) mass is 351 g/mol. The molecule has 1 aromatic rings. The molecule has 26 heavy (non-hydrogen) atoms. The predicted octanol–water partition coefficient (Wildman–Crippen LogP) is 4.70. The van der Waals surface area contributed by atoms with Gasteiger partial charge in [-0.3, -0.25) is 4.79 Å². The third-order valence-corrected chi connectivity index (χ3v) is 7.48. The van der Waals surface area contributed by atoms with Gasteiger partial charge in [-0.15, -0.1) is 0 Å². The third kappa shape index (κ3) is 2.51. The number of nitrogens with zero attached hydrogens (tertiary/aromatic N) is 1. The predicted molar refractivity (Wildman–Crippen MR) is 104 cm³/mol. The van der Waals surface area contributed by atoms with Crippen molar-refractivity contribution in [1.82, 2.24) is 0 Å². The van der Waals surface area contributed by atoms with Gasteiger partial charge >= 0.3 is 0 Å². The van der Waals surface area contributed by atoms with Crippen LogP contribution in [-0.2, 0) is 4.79 Å². The minimum absolute atomic E-state index is 0.0745. The minimum atomic E-state index is -0.0745. The number of carbonyl (C=O) groups is 1. The molecule has 4 atom stereocenters. The largest absolute Gasteiger partial charge is 0.488 e. The summed E-state index contributed by atoms with van der Waals surface area (Å²) >= 11 is 0. The van der Waals surface area contributed by atoms with Crippen LogP contribution in [0.2, 0.25) is 0 Å². The molecule has 1 aromatic carbocycles. The molecule has 3 bridgehead atoms. The van der Waals surface area contributed by atoms with Gasteiger partial charge in [0.25, 0.3) is 0 Å². The van der Waals surface area contributed by atoms with Crippen LogP contribution < -0.4 is 9.64 Å². The summed E-state index contributed by atoms with van der Waals surface area (Å²) in [6, 6.07) is 6.25. The third-order valence-electron chi connectivity index (χ3n) is 7.48. The molecular weight excluding hydrogens is 322 g/mol. The Kier molecular flexibility index (Phi) is 3.70. The molecule has 0 aromatic heterocycles. The van der Waals surface area contributed by atoms with Crippen LogP contribution >= 0.6 is 0 Å². The standard InChI is InChI=1S/C23H29NO2/c1-24(2)20-7-6-16-9-19(14-26-21(16)10-20)22(25)23-11-15-4-3-5-17(12-23)18(8-15)13-23/h6-7,9-10,15,17-18H,3-5,8,11-14H2,1-2H3. The van der Waals surface area contributed by atoms with E-state index in [4.69, 9.17) is 4.74 Å². The van der Waals surface area contributed by atoms with Crippen molar-refractivity contribution in [2.24, 2.45) is 23.2 Å². The van der Waals surface area contributed by atoms with Crippen molar-refractivity contribution in [3.05, 3.63) is 29.3 Å². The first-order valence-electron chi connectivity index (χ1n) is 10.2. The molecule has 3 heteroatoms. The Labute approximate surface area is 156 Å². The minimum Gasteiger partial charge on any atom is -0.488 e. The van der Waals surface area contributed by atoms with Gasteiger partial charge in [0, 0.05) is 42.4 Å². The summed E-state index contributed by atoms with van der Waals surface area (Å²) in [7, 11) is 4.07. The van der Waals surface area contributed by atoms with E-state index in [1.54, 1.807) is 0 Å². The zero-order valence-electron chi connectivity index (χ0n) is 16.0. The summed E-state index contributed by atoms with van der Waals surface area (Å²) in [5, 5.41) is 0. The number of ketones is 1. The molecule has 0 N–H and O–H groups in total. The Balaban J connectivity index is 1.44. The van der Waals surface area contributed by atoms with E-state index in [2.05, 4.69) is 29.2 Å². The van der Waals surface area contributed by atoms with E-state index in [0.717, 1.165) is 59.6 Å². The fourth-order valence-corrected chi connectivity index (χ4v) is 6.33. The quantitative estimate of drug-likeness (QED) is 0.790. The van der Waals surface area contributed by atoms with E-state index >= 15 is 0 Å². The average molecular weight is 351 g/mol. The summed E-state index contributed by atoms with van der Waals surface area (Å²) in [4.78, 5) is 15.7. The number of hydrogen-bond acceptors (Lipinski definition) is 3. The maximum atomic E-state index is 13.6. The highest BCUT2D eigenvalue weighted by molar-refractivity contribution is 6.04. The molecule has 3 aliphatic carbocycles. The molecule has 3 saturated carbocycles. The zero-order valence-corrected chi connectivity index (χ0v) is 16.0. The second-order valence-electron chi connectivity index (χ2n) is 9.35. The highest BCUT2D eigenvalue weighted by Crippen LogP contribution is 2.61. The fraction of sp³-hybridized carbons (Fsp3) is 0.609. The van der Waals surface area contributed by atoms with Crippen LogP contribution in [0.25, 0.3) is 6.08 Å². The topological polar surface area (TPSA) is 29.5 Å². The van der Waals surface area contributed by atoms with Crippen molar-refractivity contribution in [3.8, 4) is 5.75 Å². The summed E-state index contributed by atoms with van der Waals surface area (Å²) in [6.07, 6.45) is 11.0. The molecule has 4 aliphatic rings. The molecule has 0 spiro atoms. The number of anilines is 1. The fourth-order valence-electron chi connectivity index (χ4n) is 6.33. The molecule has 0 saturated heterocycles. The molecular formula is C23H29NO2. The molecule has 0 radical (unpaired) electrons. The van der Waals surface area contributed by atoms with Gasteiger partial charge in [0.05, 0.1) is 0 Å². The molecule has 3 nitrogen and oxygen atoms in total. The van der Waals surface area contributed by atoms with E-state index in [1.165, 1.54) is 25.7 Å². The van der Waals surface area contributed by atoms with Crippen molar-refractivity contribution in [2.45, 2.75) is 44.9 Å². The molecule has 0 amide bonds. The smallest absolute Gasteiger partial charge is 0.168 e. The van der Waals surface area contributed by atoms with E-state index in [-0.39, 0.29) is 5.41 Å². The average Bonchev–Trinajstić information content (AvgIpc) is 2.81. The molecule has 1 heterocycles. The summed E-state index contributed by atoms with van der Waals surface area (Å²) in [5.41, 5.74) is 3.00. The SMILES string of the molecule is CN(C)c1ccc2c(c1)OCC(C(=O)C13CC4CCCC(C1)C(C4)C3)=C2. The first-order chi connectivity index (χ1) is 12.5. The highest BCUT2D eigenvalue weighted by Gasteiger charge is 2.55. The van der Waals surface area contributed by atoms with Crippen LogP contribution in [0.15, 0.2) is 23.8 Å². The molecule has 3 fully saturated rings. The molecule has 4 unspecified atom stereocenters. The number of rotatable bonds is 3. The summed E-state index contributed by atoms with van der Waals surface area (Å²) < 4.78 is 6.02. The maximum absolute atomic E-state index is 13.6. The number of benzene rings is 1. The Bertz CT molecular complexity index is 776. The number of Topliss-reactive ketones (excluding diaryl/α,β-unsaturated/α-hetero) is 1. The van der Waals surface area contributed by atoms with Gasteiger partial charge in [0.1, 0.15) is 12.4 Å². The zero-order chi connectivity index (χ0) is 17.9. The Morgan fingerprint density at radius 3 is 2.85 bits per heavy atom. The lowest BCUT2D eigenvalue weighted by Gasteiger charge is -2.37. The van der Waals surface area contributed by atoms with Crippen LogP contribution in [0.5, 0.6) is 5.75 Å². The van der Waals surface area contributed by atoms with Crippen LogP contribution in [0, 0.1) is 23.2 Å².